The van der Waals surface area contributed by atoms with E-state index < -0.39 is 23.6 Å². The van der Waals surface area contributed by atoms with Crippen LogP contribution in [-0.2, 0) is 6.18 Å². The topological polar surface area (TPSA) is 38.0 Å². The molecule has 0 amide bonds. The molecule has 1 aromatic carbocycles. The van der Waals surface area contributed by atoms with Gasteiger partial charge in [0.1, 0.15) is 5.82 Å². The van der Waals surface area contributed by atoms with Crippen LogP contribution in [0, 0.1) is 12.7 Å². The number of nitrogens with one attached hydrogen (secondary N) is 1. The van der Waals surface area contributed by atoms with E-state index in [1.165, 1.54) is 11.3 Å². The molecule has 3 N–H and O–H groups in total. The van der Waals surface area contributed by atoms with Crippen LogP contribution in [0.2, 0.25) is 0 Å². The average Bonchev–Trinajstić information content (AvgIpc) is 2.75. The molecule has 1 heterocycles. The van der Waals surface area contributed by atoms with Crippen LogP contribution in [0.4, 0.5) is 17.6 Å². The second-order valence-electron chi connectivity index (χ2n) is 4.28. The van der Waals surface area contributed by atoms with Gasteiger partial charge in [-0.05, 0) is 42.8 Å². The molecule has 20 heavy (non-hydrogen) atoms. The molecule has 1 unspecified atom stereocenters. The summed E-state index contributed by atoms with van der Waals surface area (Å²) < 4.78 is 52.4. The van der Waals surface area contributed by atoms with Gasteiger partial charge in [-0.1, -0.05) is 0 Å². The first-order chi connectivity index (χ1) is 9.32. The van der Waals surface area contributed by atoms with E-state index in [0.29, 0.717) is 4.88 Å². The molecule has 0 aliphatic carbocycles. The molecule has 0 aliphatic rings. The molecule has 7 heteroatoms. The van der Waals surface area contributed by atoms with Crippen LogP contribution in [0.25, 0.3) is 0 Å². The minimum atomic E-state index is -4.57. The fraction of sp³-hybridized carbons (Fsp3) is 0.231. The Morgan fingerprint density at radius 3 is 2.40 bits per heavy atom. The van der Waals surface area contributed by atoms with Crippen LogP contribution >= 0.6 is 11.3 Å². The Kier molecular flexibility index (Phi) is 4.12. The minimum Gasteiger partial charge on any atom is -0.271 e. The van der Waals surface area contributed by atoms with Crippen molar-refractivity contribution in [1.82, 2.24) is 5.43 Å². The summed E-state index contributed by atoms with van der Waals surface area (Å²) in [6.45, 7) is 1.83. The first-order valence-corrected chi connectivity index (χ1v) is 6.53. The summed E-state index contributed by atoms with van der Waals surface area (Å²) in [5, 5.41) is 0. The summed E-state index contributed by atoms with van der Waals surface area (Å²) in [7, 11) is 0. The summed E-state index contributed by atoms with van der Waals surface area (Å²) in [5.74, 6) is 4.64. The van der Waals surface area contributed by atoms with Crippen LogP contribution < -0.4 is 11.3 Å². The van der Waals surface area contributed by atoms with E-state index in [4.69, 9.17) is 5.84 Å². The lowest BCUT2D eigenvalue weighted by atomic mass is 9.99. The number of thiophene rings is 1. The molecule has 0 spiro atoms. The smallest absolute Gasteiger partial charge is 0.271 e. The maximum atomic E-state index is 13.3. The van der Waals surface area contributed by atoms with E-state index in [1.807, 2.05) is 6.92 Å². The number of rotatable bonds is 3. The maximum absolute atomic E-state index is 13.3. The molecule has 108 valence electrons. The number of alkyl halides is 3. The zero-order valence-corrected chi connectivity index (χ0v) is 11.3. The zero-order chi connectivity index (χ0) is 14.9. The highest BCUT2D eigenvalue weighted by Gasteiger charge is 2.36. The van der Waals surface area contributed by atoms with E-state index >= 15 is 0 Å². The van der Waals surface area contributed by atoms with E-state index in [9.17, 15) is 17.6 Å². The molecule has 1 atom stereocenters. The Morgan fingerprint density at radius 2 is 1.90 bits per heavy atom. The lowest BCUT2D eigenvalue weighted by Gasteiger charge is -2.20. The van der Waals surface area contributed by atoms with Gasteiger partial charge in [0.2, 0.25) is 0 Å². The predicted molar refractivity (Wildman–Crippen MR) is 69.6 cm³/mol. The quantitative estimate of drug-likeness (QED) is 0.515. The van der Waals surface area contributed by atoms with Crippen molar-refractivity contribution in [2.24, 2.45) is 5.84 Å². The van der Waals surface area contributed by atoms with Gasteiger partial charge in [-0.15, -0.1) is 11.3 Å². The molecular weight excluding hydrogens is 292 g/mol. The molecule has 2 aromatic rings. The molecule has 2 rings (SSSR count). The fourth-order valence-corrected chi connectivity index (χ4v) is 2.92. The van der Waals surface area contributed by atoms with Crippen LogP contribution in [0.1, 0.15) is 26.9 Å². The van der Waals surface area contributed by atoms with Crippen molar-refractivity contribution in [3.8, 4) is 0 Å². The molecule has 0 saturated heterocycles. The first-order valence-electron chi connectivity index (χ1n) is 5.72. The lowest BCUT2D eigenvalue weighted by Crippen LogP contribution is -2.30. The van der Waals surface area contributed by atoms with E-state index in [1.54, 1.807) is 12.1 Å². The normalized spacial score (nSPS) is 13.5. The monoisotopic (exact) mass is 304 g/mol. The Hall–Kier alpha value is -1.44. The van der Waals surface area contributed by atoms with Gasteiger partial charge in [0, 0.05) is 9.75 Å². The molecule has 0 bridgehead atoms. The van der Waals surface area contributed by atoms with Crippen LogP contribution in [0.5, 0.6) is 0 Å². The first kappa shape index (κ1) is 15.0. The number of hydrazine groups is 1. The van der Waals surface area contributed by atoms with Crippen molar-refractivity contribution in [2.45, 2.75) is 19.1 Å². The highest BCUT2D eigenvalue weighted by atomic mass is 32.1. The number of nitrogens with two attached hydrogens (primary N) is 1. The Balaban J connectivity index is 2.56. The molecule has 0 aliphatic heterocycles. The van der Waals surface area contributed by atoms with Crippen molar-refractivity contribution in [3.05, 3.63) is 57.0 Å². The Labute approximate surface area is 117 Å². The Morgan fingerprint density at radius 1 is 1.20 bits per heavy atom. The third kappa shape index (κ3) is 3.00. The SMILES string of the molecule is Cc1ccc(C(NN)c2cc(F)ccc2C(F)(F)F)s1. The third-order valence-electron chi connectivity index (χ3n) is 2.84. The number of hydrogen-bond acceptors (Lipinski definition) is 3. The van der Waals surface area contributed by atoms with Crippen molar-refractivity contribution in [2.75, 3.05) is 0 Å². The molecule has 2 nitrogen and oxygen atoms in total. The van der Waals surface area contributed by atoms with Gasteiger partial charge < -0.3 is 0 Å². The van der Waals surface area contributed by atoms with Crippen molar-refractivity contribution in [1.29, 1.82) is 0 Å². The van der Waals surface area contributed by atoms with Crippen molar-refractivity contribution in [3.63, 3.8) is 0 Å². The van der Waals surface area contributed by atoms with Crippen molar-refractivity contribution < 1.29 is 17.6 Å². The standard InChI is InChI=1S/C13H12F4N2S/c1-7-2-5-11(20-7)12(19-18)9-6-8(14)3-4-10(9)13(15,16)17/h2-6,12,19H,18H2,1H3. The summed E-state index contributed by atoms with van der Waals surface area (Å²) >= 11 is 1.31. The van der Waals surface area contributed by atoms with Crippen molar-refractivity contribution >= 4 is 11.3 Å². The minimum absolute atomic E-state index is 0.221. The van der Waals surface area contributed by atoms with Gasteiger partial charge in [0.05, 0.1) is 11.6 Å². The van der Waals surface area contributed by atoms with Gasteiger partial charge >= 0.3 is 6.18 Å². The highest BCUT2D eigenvalue weighted by molar-refractivity contribution is 7.12. The molecule has 1 aromatic heterocycles. The number of hydrogen-bond donors (Lipinski definition) is 2. The summed E-state index contributed by atoms with van der Waals surface area (Å²) in [5.41, 5.74) is 1.22. The number of halogens is 4. The lowest BCUT2D eigenvalue weighted by molar-refractivity contribution is -0.138. The van der Waals surface area contributed by atoms with Crippen LogP contribution in [-0.4, -0.2) is 0 Å². The van der Waals surface area contributed by atoms with Gasteiger partial charge in [0.25, 0.3) is 0 Å². The number of benzene rings is 1. The third-order valence-corrected chi connectivity index (χ3v) is 3.91. The van der Waals surface area contributed by atoms with Crippen LogP contribution in [0.3, 0.4) is 0 Å². The maximum Gasteiger partial charge on any atom is 0.416 e. The molecule has 0 fully saturated rings. The molecular formula is C13H12F4N2S. The highest BCUT2D eigenvalue weighted by Crippen LogP contribution is 2.38. The van der Waals surface area contributed by atoms with E-state index in [-0.39, 0.29) is 5.56 Å². The van der Waals surface area contributed by atoms with E-state index in [2.05, 4.69) is 5.43 Å². The summed E-state index contributed by atoms with van der Waals surface area (Å²) in [4.78, 5) is 1.53. The van der Waals surface area contributed by atoms with Gasteiger partial charge in [0.15, 0.2) is 0 Å². The summed E-state index contributed by atoms with van der Waals surface area (Å²) in [6, 6.07) is 4.94. The average molecular weight is 304 g/mol. The predicted octanol–water partition coefficient (Wildman–Crippen LogP) is 3.77. The van der Waals surface area contributed by atoms with Gasteiger partial charge in [-0.2, -0.15) is 13.2 Å². The molecule has 0 radical (unpaired) electrons. The Bertz CT molecular complexity index is 607. The largest absolute Gasteiger partial charge is 0.416 e. The fourth-order valence-electron chi connectivity index (χ4n) is 1.96. The van der Waals surface area contributed by atoms with E-state index in [0.717, 1.165) is 23.1 Å². The van der Waals surface area contributed by atoms with Gasteiger partial charge in [-0.3, -0.25) is 5.84 Å². The number of aryl methyl sites for hydroxylation is 1. The summed E-state index contributed by atoms with van der Waals surface area (Å²) in [6.07, 6.45) is -4.57. The molecule has 0 saturated carbocycles. The second-order valence-corrected chi connectivity index (χ2v) is 5.60. The zero-order valence-electron chi connectivity index (χ0n) is 10.5. The van der Waals surface area contributed by atoms with Gasteiger partial charge in [-0.25, -0.2) is 9.82 Å². The van der Waals surface area contributed by atoms with Crippen LogP contribution in [0.15, 0.2) is 30.3 Å². The second kappa shape index (κ2) is 5.51.